The predicted molar refractivity (Wildman–Crippen MR) is 110 cm³/mol. The smallest absolute Gasteiger partial charge is 0.255 e. The van der Waals surface area contributed by atoms with Gasteiger partial charge in [-0.2, -0.15) is 0 Å². The third kappa shape index (κ3) is 4.85. The van der Waals surface area contributed by atoms with Gasteiger partial charge in [0.15, 0.2) is 0 Å². The van der Waals surface area contributed by atoms with E-state index in [1.165, 1.54) is 19.2 Å². The quantitative estimate of drug-likeness (QED) is 0.803. The lowest BCUT2D eigenvalue weighted by Crippen LogP contribution is -2.38. The van der Waals surface area contributed by atoms with Crippen LogP contribution in [-0.4, -0.2) is 52.8 Å². The molecular weight excluding hydrogens is 395 g/mol. The number of halogens is 2. The predicted octanol–water partition coefficient (Wildman–Crippen LogP) is 3.74. The molecule has 1 saturated heterocycles. The maximum absolute atomic E-state index is 14.1. The van der Waals surface area contributed by atoms with Gasteiger partial charge in [-0.15, -0.1) is 0 Å². The molecule has 0 unspecified atom stereocenters. The van der Waals surface area contributed by atoms with Gasteiger partial charge < -0.3 is 15.1 Å². The third-order valence-electron chi connectivity index (χ3n) is 5.30. The number of aromatic nitrogens is 1. The van der Waals surface area contributed by atoms with Crippen molar-refractivity contribution in [3.8, 4) is 0 Å². The van der Waals surface area contributed by atoms with E-state index < -0.39 is 0 Å². The second-order valence-corrected chi connectivity index (χ2v) is 7.72. The molecule has 1 N–H and O–H groups in total. The summed E-state index contributed by atoms with van der Waals surface area (Å²) in [5.41, 5.74) is 0.959. The highest BCUT2D eigenvalue weighted by Gasteiger charge is 2.30. The van der Waals surface area contributed by atoms with Crippen molar-refractivity contribution < 1.29 is 14.0 Å². The Morgan fingerprint density at radius 1 is 1.34 bits per heavy atom. The lowest BCUT2D eigenvalue weighted by atomic mass is 10.1. The van der Waals surface area contributed by atoms with Gasteiger partial charge in [0.25, 0.3) is 5.91 Å². The van der Waals surface area contributed by atoms with Crippen molar-refractivity contribution in [3.05, 3.63) is 58.5 Å². The highest BCUT2D eigenvalue weighted by atomic mass is 35.5. The number of nitrogens with zero attached hydrogens (tertiary/aromatic N) is 3. The minimum Gasteiger partial charge on any atom is -0.363 e. The summed E-state index contributed by atoms with van der Waals surface area (Å²) in [5.74, 6) is 0.0374. The maximum Gasteiger partial charge on any atom is 0.255 e. The van der Waals surface area contributed by atoms with Gasteiger partial charge in [-0.05, 0) is 37.6 Å². The summed E-state index contributed by atoms with van der Waals surface area (Å²) in [6, 6.07) is 7.67. The summed E-state index contributed by atoms with van der Waals surface area (Å²) < 4.78 is 14.1. The first-order valence-corrected chi connectivity index (χ1v) is 9.84. The van der Waals surface area contributed by atoms with Crippen LogP contribution in [0, 0.1) is 5.82 Å². The minimum atomic E-state index is -0.386. The molecule has 8 heteroatoms. The second-order valence-electron chi connectivity index (χ2n) is 7.29. The van der Waals surface area contributed by atoms with Crippen LogP contribution in [0.2, 0.25) is 5.02 Å². The Labute approximate surface area is 174 Å². The molecule has 2 aromatic rings. The largest absolute Gasteiger partial charge is 0.363 e. The van der Waals surface area contributed by atoms with E-state index in [1.54, 1.807) is 41.1 Å². The number of likely N-dealkylation sites (N-methyl/N-ethyl adjacent to an activating group) is 1. The van der Waals surface area contributed by atoms with Crippen molar-refractivity contribution in [1.82, 2.24) is 14.8 Å². The average Bonchev–Trinajstić information content (AvgIpc) is 3.17. The zero-order valence-corrected chi connectivity index (χ0v) is 17.4. The van der Waals surface area contributed by atoms with Crippen LogP contribution in [0.1, 0.15) is 42.2 Å². The van der Waals surface area contributed by atoms with Crippen molar-refractivity contribution in [3.63, 3.8) is 0 Å². The van der Waals surface area contributed by atoms with E-state index in [0.717, 1.165) is 6.42 Å². The molecule has 0 aliphatic carbocycles. The average molecular weight is 419 g/mol. The monoisotopic (exact) mass is 418 g/mol. The first kappa shape index (κ1) is 21.0. The van der Waals surface area contributed by atoms with E-state index in [9.17, 15) is 14.0 Å². The molecule has 1 aromatic heterocycles. The topological polar surface area (TPSA) is 65.5 Å². The van der Waals surface area contributed by atoms with Gasteiger partial charge >= 0.3 is 0 Å². The first-order chi connectivity index (χ1) is 13.8. The number of carbonyl (C=O) groups excluding carboxylic acids is 2. The molecule has 1 aliphatic rings. The molecule has 0 spiro atoms. The van der Waals surface area contributed by atoms with E-state index in [0.29, 0.717) is 35.1 Å². The van der Waals surface area contributed by atoms with Gasteiger partial charge in [0, 0.05) is 43.8 Å². The number of anilines is 1. The molecule has 1 fully saturated rings. The molecule has 1 aliphatic heterocycles. The van der Waals surface area contributed by atoms with Crippen molar-refractivity contribution in [2.45, 2.75) is 32.4 Å². The van der Waals surface area contributed by atoms with Gasteiger partial charge in [0.2, 0.25) is 5.91 Å². The Morgan fingerprint density at radius 3 is 2.72 bits per heavy atom. The first-order valence-electron chi connectivity index (χ1n) is 9.46. The van der Waals surface area contributed by atoms with Gasteiger partial charge in [-0.25, -0.2) is 9.37 Å². The van der Waals surface area contributed by atoms with Crippen LogP contribution in [0.25, 0.3) is 0 Å². The fourth-order valence-corrected chi connectivity index (χ4v) is 3.60. The second kappa shape index (κ2) is 8.78. The van der Waals surface area contributed by atoms with E-state index in [1.807, 2.05) is 6.92 Å². The van der Waals surface area contributed by atoms with Crippen molar-refractivity contribution in [2.24, 2.45) is 0 Å². The Morgan fingerprint density at radius 2 is 2.10 bits per heavy atom. The van der Waals surface area contributed by atoms with Crippen LogP contribution in [0.15, 0.2) is 36.5 Å². The van der Waals surface area contributed by atoms with Gasteiger partial charge in [-0.1, -0.05) is 17.7 Å². The zero-order chi connectivity index (χ0) is 21.1. The summed E-state index contributed by atoms with van der Waals surface area (Å²) in [6.07, 6.45) is 2.27. The number of carbonyl (C=O) groups is 2. The molecule has 0 saturated carbocycles. The Bertz CT molecular complexity index is 906. The minimum absolute atomic E-state index is 0.00682. The molecule has 2 atom stereocenters. The fourth-order valence-electron chi connectivity index (χ4n) is 3.44. The van der Waals surface area contributed by atoms with Crippen LogP contribution in [-0.2, 0) is 4.79 Å². The molecule has 1 aromatic carbocycles. The highest BCUT2D eigenvalue weighted by molar-refractivity contribution is 6.30. The van der Waals surface area contributed by atoms with Crippen molar-refractivity contribution in [1.29, 1.82) is 0 Å². The number of amides is 2. The summed E-state index contributed by atoms with van der Waals surface area (Å²) in [6.45, 7) is 4.47. The Hall–Kier alpha value is -2.67. The van der Waals surface area contributed by atoms with Crippen LogP contribution >= 0.6 is 11.6 Å². The molecule has 154 valence electrons. The number of nitrogens with one attached hydrogen (secondary N) is 1. The number of benzene rings is 1. The number of rotatable bonds is 5. The summed E-state index contributed by atoms with van der Waals surface area (Å²) in [5, 5.41) is 3.47. The molecule has 3 rings (SSSR count). The standard InChI is InChI=1S/C21H24ClFN4O2/c1-13(18-6-5-16(22)10-19(18)23)25-20-7-4-15(11-24-20)21(29)27-9-8-17(12-27)26(3)14(2)28/h4-7,10-11,13,17H,8-9,12H2,1-3H3,(H,24,25)/t13-,17-/m0/s1. The number of pyridine rings is 1. The molecule has 0 radical (unpaired) electrons. The van der Waals surface area contributed by atoms with Crippen LogP contribution in [0.4, 0.5) is 10.2 Å². The number of hydrogen-bond donors (Lipinski definition) is 1. The van der Waals surface area contributed by atoms with E-state index >= 15 is 0 Å². The fraction of sp³-hybridized carbons (Fsp3) is 0.381. The molecule has 2 amide bonds. The molecule has 2 heterocycles. The third-order valence-corrected chi connectivity index (χ3v) is 5.53. The Balaban J connectivity index is 1.62. The number of hydrogen-bond acceptors (Lipinski definition) is 4. The summed E-state index contributed by atoms with van der Waals surface area (Å²) >= 11 is 5.80. The molecule has 0 bridgehead atoms. The van der Waals surface area contributed by atoms with Gasteiger partial charge in [0.05, 0.1) is 17.6 Å². The van der Waals surface area contributed by atoms with Gasteiger partial charge in [-0.3, -0.25) is 9.59 Å². The highest BCUT2D eigenvalue weighted by Crippen LogP contribution is 2.24. The lowest BCUT2D eigenvalue weighted by Gasteiger charge is -2.23. The van der Waals surface area contributed by atoms with E-state index in [4.69, 9.17) is 11.6 Å². The van der Waals surface area contributed by atoms with Gasteiger partial charge in [0.1, 0.15) is 11.6 Å². The van der Waals surface area contributed by atoms with E-state index in [2.05, 4.69) is 10.3 Å². The van der Waals surface area contributed by atoms with Crippen molar-refractivity contribution >= 4 is 29.2 Å². The molecule has 6 nitrogen and oxygen atoms in total. The SMILES string of the molecule is CC(=O)N(C)[C@H]1CCN(C(=O)c2ccc(N[C@@H](C)c3ccc(Cl)cc3F)nc2)C1. The zero-order valence-electron chi connectivity index (χ0n) is 16.7. The summed E-state index contributed by atoms with van der Waals surface area (Å²) in [7, 11) is 1.76. The summed E-state index contributed by atoms with van der Waals surface area (Å²) in [4.78, 5) is 31.9. The van der Waals surface area contributed by atoms with E-state index in [-0.39, 0.29) is 29.7 Å². The lowest BCUT2D eigenvalue weighted by molar-refractivity contribution is -0.129. The maximum atomic E-state index is 14.1. The molecule has 29 heavy (non-hydrogen) atoms. The molecular formula is C21H24ClFN4O2. The van der Waals surface area contributed by atoms with Crippen LogP contribution < -0.4 is 5.32 Å². The van der Waals surface area contributed by atoms with Crippen molar-refractivity contribution in [2.75, 3.05) is 25.5 Å². The van der Waals surface area contributed by atoms with Crippen LogP contribution in [0.3, 0.4) is 0 Å². The number of likely N-dealkylation sites (tertiary alicyclic amines) is 1. The normalized spacial score (nSPS) is 17.1. The Kier molecular flexibility index (Phi) is 6.37. The van der Waals surface area contributed by atoms with Crippen LogP contribution in [0.5, 0.6) is 0 Å².